The average Bonchev–Trinajstić information content (AvgIpc) is 1.50. The van der Waals surface area contributed by atoms with Crippen molar-refractivity contribution in [3.05, 3.63) is 382 Å². The molecule has 0 fully saturated rings. The zero-order valence-electron chi connectivity index (χ0n) is 61.9. The van der Waals surface area contributed by atoms with Crippen LogP contribution in [0.1, 0.15) is 148 Å². The Morgan fingerprint density at radius 2 is 0.566 bits per heavy atom. The molecule has 2 aromatic heterocycles. The van der Waals surface area contributed by atoms with Crippen LogP contribution in [0.4, 0.5) is 34.1 Å². The molecule has 17 aromatic rings. The van der Waals surface area contributed by atoms with E-state index in [9.17, 15) is 0 Å². The van der Waals surface area contributed by atoms with E-state index in [-0.39, 0.29) is 10.8 Å². The second kappa shape index (κ2) is 24.3. The first-order valence-electron chi connectivity index (χ1n) is 37.7. The van der Waals surface area contributed by atoms with Crippen molar-refractivity contribution in [2.75, 3.05) is 9.80 Å². The number of hydrogen-bond acceptors (Lipinski definition) is 4. The van der Waals surface area contributed by atoms with Crippen LogP contribution in [0.15, 0.2) is 324 Å². The highest BCUT2D eigenvalue weighted by Crippen LogP contribution is 2.64. The molecule has 0 saturated carbocycles. The van der Waals surface area contributed by atoms with Crippen molar-refractivity contribution in [2.45, 2.75) is 103 Å². The standard InChI is InChI=1S/C102H84N2O2/c1-63(2)65-43-49-75(50-44-65)103(93-41-25-37-81-79-35-23-39-87(99(5,6)7)95(79)105-97(81)93)77-53-47-67-57-83-85-61-92-86(62-91(85)101(71-27-15-11-16-28-71,72-29-17-12-18-30-72)89(83)59-69(67)55-77)84-58-68-48-54-78(56-70(68)60-90(84)102(92,73-31-19-13-20-32-73)74-33-21-14-22-34-74)104(76-51-45-66(46-52-76)64(3)4)94-42-26-38-82-80-36-24-40-88(100(8,9)10)96(80)106-98(82)94/h11-64H,1-10H3. The van der Waals surface area contributed by atoms with Gasteiger partial charge in [0, 0.05) is 55.4 Å². The minimum absolute atomic E-state index is 0.122. The number of para-hydroxylation sites is 4. The third-order valence-corrected chi connectivity index (χ3v) is 23.4. The van der Waals surface area contributed by atoms with E-state index in [1.54, 1.807) is 0 Å². The van der Waals surface area contributed by atoms with Gasteiger partial charge in [0.05, 0.1) is 22.2 Å². The lowest BCUT2D eigenvalue weighted by Gasteiger charge is -2.35. The second-order valence-electron chi connectivity index (χ2n) is 32.3. The fourth-order valence-electron chi connectivity index (χ4n) is 18.2. The summed E-state index contributed by atoms with van der Waals surface area (Å²) in [7, 11) is 0. The highest BCUT2D eigenvalue weighted by atomic mass is 16.3. The van der Waals surface area contributed by atoms with Gasteiger partial charge in [-0.3, -0.25) is 0 Å². The maximum Gasteiger partial charge on any atom is 0.159 e. The van der Waals surface area contributed by atoms with Gasteiger partial charge in [-0.2, -0.15) is 0 Å². The van der Waals surface area contributed by atoms with E-state index in [2.05, 4.69) is 394 Å². The lowest BCUT2D eigenvalue weighted by atomic mass is 9.66. The van der Waals surface area contributed by atoms with Crippen LogP contribution in [0.2, 0.25) is 0 Å². The Balaban J connectivity index is 0.845. The van der Waals surface area contributed by atoms with Gasteiger partial charge in [-0.1, -0.05) is 288 Å². The normalized spacial score (nSPS) is 13.7. The summed E-state index contributed by atoms with van der Waals surface area (Å²) < 4.78 is 14.4. The smallest absolute Gasteiger partial charge is 0.159 e. The van der Waals surface area contributed by atoms with Crippen LogP contribution in [-0.4, -0.2) is 0 Å². The van der Waals surface area contributed by atoms with E-state index in [1.807, 2.05) is 0 Å². The topological polar surface area (TPSA) is 32.8 Å². The molecule has 0 amide bonds. The van der Waals surface area contributed by atoms with Gasteiger partial charge in [0.1, 0.15) is 11.2 Å². The van der Waals surface area contributed by atoms with Crippen molar-refractivity contribution in [3.63, 3.8) is 0 Å². The summed E-state index contributed by atoms with van der Waals surface area (Å²) in [6.45, 7) is 22.7. The van der Waals surface area contributed by atoms with E-state index in [1.165, 1.54) is 89.0 Å². The van der Waals surface area contributed by atoms with E-state index >= 15 is 0 Å². The Kier molecular flexibility index (Phi) is 14.9. The Bertz CT molecular complexity index is 5860. The summed E-state index contributed by atoms with van der Waals surface area (Å²) in [5.74, 6) is 0.765. The van der Waals surface area contributed by atoms with Gasteiger partial charge in [-0.15, -0.1) is 0 Å². The van der Waals surface area contributed by atoms with Crippen LogP contribution in [0, 0.1) is 0 Å². The summed E-state index contributed by atoms with van der Waals surface area (Å²) in [6.07, 6.45) is 0. The van der Waals surface area contributed by atoms with Crippen LogP contribution in [0.25, 0.3) is 87.7 Å². The van der Waals surface area contributed by atoms with Gasteiger partial charge >= 0.3 is 0 Å². The van der Waals surface area contributed by atoms with Gasteiger partial charge in [-0.25, -0.2) is 0 Å². The molecular formula is C102H84N2O2. The van der Waals surface area contributed by atoms with E-state index in [4.69, 9.17) is 8.83 Å². The molecule has 0 bridgehead atoms. The Morgan fingerprint density at radius 1 is 0.264 bits per heavy atom. The van der Waals surface area contributed by atoms with Crippen LogP contribution < -0.4 is 9.80 Å². The third kappa shape index (κ3) is 9.86. The molecule has 19 rings (SSSR count). The predicted molar refractivity (Wildman–Crippen MR) is 446 cm³/mol. The third-order valence-electron chi connectivity index (χ3n) is 23.4. The number of nitrogens with zero attached hydrogens (tertiary/aromatic N) is 2. The Morgan fingerprint density at radius 3 is 0.896 bits per heavy atom. The van der Waals surface area contributed by atoms with E-state index in [0.717, 1.165) is 99.5 Å². The highest BCUT2D eigenvalue weighted by Gasteiger charge is 2.52. The van der Waals surface area contributed by atoms with Crippen LogP contribution in [0.5, 0.6) is 0 Å². The molecule has 4 nitrogen and oxygen atoms in total. The molecule has 0 atom stereocenters. The summed E-state index contributed by atoms with van der Waals surface area (Å²) in [5.41, 5.74) is 27.9. The van der Waals surface area contributed by atoms with Gasteiger partial charge in [0.25, 0.3) is 0 Å². The summed E-state index contributed by atoms with van der Waals surface area (Å²) in [5, 5.41) is 9.09. The van der Waals surface area contributed by atoms with Crippen molar-refractivity contribution in [2.24, 2.45) is 0 Å². The van der Waals surface area contributed by atoms with Gasteiger partial charge in [0.15, 0.2) is 11.2 Å². The monoisotopic (exact) mass is 1370 g/mol. The van der Waals surface area contributed by atoms with Crippen LogP contribution >= 0.6 is 0 Å². The largest absolute Gasteiger partial charge is 0.454 e. The zero-order chi connectivity index (χ0) is 72.1. The molecule has 15 aromatic carbocycles. The maximum atomic E-state index is 7.22. The molecule has 0 unspecified atom stereocenters. The van der Waals surface area contributed by atoms with Crippen LogP contribution in [-0.2, 0) is 21.7 Å². The molecule has 0 N–H and O–H groups in total. The minimum atomic E-state index is -0.742. The van der Waals surface area contributed by atoms with Crippen molar-refractivity contribution < 1.29 is 8.83 Å². The number of anilines is 6. The fourth-order valence-corrected chi connectivity index (χ4v) is 18.2. The van der Waals surface area contributed by atoms with E-state index < -0.39 is 10.8 Å². The van der Waals surface area contributed by atoms with Gasteiger partial charge in [0.2, 0.25) is 0 Å². The molecular weight excluding hydrogens is 1290 g/mol. The minimum Gasteiger partial charge on any atom is -0.454 e. The zero-order valence-corrected chi connectivity index (χ0v) is 61.9. The van der Waals surface area contributed by atoms with Crippen molar-refractivity contribution in [1.29, 1.82) is 0 Å². The second-order valence-corrected chi connectivity index (χ2v) is 32.3. The predicted octanol–water partition coefficient (Wildman–Crippen LogP) is 28.3. The molecule has 514 valence electrons. The molecule has 106 heavy (non-hydrogen) atoms. The van der Waals surface area contributed by atoms with Crippen molar-refractivity contribution in [3.8, 4) is 22.3 Å². The number of furan rings is 2. The SMILES string of the molecule is CC(C)c1ccc(N(c2ccc3cc4c(cc3c2)C(c2ccccc2)(c2ccccc2)c2cc3c(cc2-4)C(c2ccccc2)(c2ccccc2)c2cc4cc(N(c5ccc(C(C)C)cc5)c5cccc6c5oc5c(C(C)(C)C)cccc56)ccc4cc2-3)c2cccc3c2oc2c(C(C)(C)C)cccc23)cc1. The molecule has 2 aliphatic carbocycles. The quantitative estimate of drug-likeness (QED) is 0.122. The Hall–Kier alpha value is -12.0. The lowest BCUT2D eigenvalue weighted by Crippen LogP contribution is -2.30. The molecule has 0 saturated heterocycles. The fraction of sp³-hybridized carbons (Fsp3) is 0.157. The first-order chi connectivity index (χ1) is 51.5. The molecule has 4 heteroatoms. The molecule has 0 aliphatic heterocycles. The summed E-state index contributed by atoms with van der Waals surface area (Å²) >= 11 is 0. The molecule has 0 radical (unpaired) electrons. The number of benzene rings is 15. The van der Waals surface area contributed by atoms with Crippen molar-refractivity contribution in [1.82, 2.24) is 0 Å². The molecule has 0 spiro atoms. The summed E-state index contributed by atoms with van der Waals surface area (Å²) in [4.78, 5) is 4.83. The van der Waals surface area contributed by atoms with Gasteiger partial charge < -0.3 is 18.6 Å². The lowest BCUT2D eigenvalue weighted by molar-refractivity contribution is 0.572. The average molecular weight is 1370 g/mol. The van der Waals surface area contributed by atoms with Crippen LogP contribution in [0.3, 0.4) is 0 Å². The number of rotatable bonds is 12. The first-order valence-corrected chi connectivity index (χ1v) is 37.7. The Labute approximate surface area is 621 Å². The maximum absolute atomic E-state index is 7.22. The summed E-state index contributed by atoms with van der Waals surface area (Å²) in [6, 6.07) is 120. The molecule has 2 heterocycles. The first kappa shape index (κ1) is 64.8. The van der Waals surface area contributed by atoms with Crippen molar-refractivity contribution >= 4 is 99.5 Å². The number of hydrogen-bond donors (Lipinski definition) is 0. The molecule has 2 aliphatic rings. The van der Waals surface area contributed by atoms with E-state index in [0.29, 0.717) is 11.8 Å². The number of fused-ring (bicyclic) bond motifs is 14. The van der Waals surface area contributed by atoms with Gasteiger partial charge in [-0.05, 0) is 219 Å². The highest BCUT2D eigenvalue weighted by molar-refractivity contribution is 6.13.